The van der Waals surface area contributed by atoms with Crippen LogP contribution < -0.4 is 0 Å². The van der Waals surface area contributed by atoms with Crippen LogP contribution in [-0.2, 0) is 60.7 Å². The minimum atomic E-state index is -4.96. The van der Waals surface area contributed by atoms with Crippen LogP contribution in [0.4, 0.5) is 0 Å². The molecular weight excluding hydrogens is 1200 g/mol. The van der Waals surface area contributed by atoms with Crippen molar-refractivity contribution in [3.8, 4) is 34.1 Å². The summed E-state index contributed by atoms with van der Waals surface area (Å²) in [5.41, 5.74) is 1.85. The van der Waals surface area contributed by atoms with Crippen molar-refractivity contribution in [2.24, 2.45) is 0 Å². The molecule has 36 heteroatoms. The Balaban J connectivity index is 0.774. The summed E-state index contributed by atoms with van der Waals surface area (Å²) in [6.45, 7) is 0. The summed E-state index contributed by atoms with van der Waals surface area (Å²) in [5.74, 6) is 0. The Bertz CT molecular complexity index is 5110. The molecule has 30 nitrogen and oxygen atoms in total. The van der Waals surface area contributed by atoms with Crippen LogP contribution in [0.5, 0.6) is 0 Å². The predicted molar refractivity (Wildman–Crippen MR) is 282 cm³/mol. The second-order valence-electron chi connectivity index (χ2n) is 17.8. The highest BCUT2D eigenvalue weighted by atomic mass is 32.2. The Morgan fingerprint density at radius 1 is 0.317 bits per heavy atom. The number of hydrogen-bond acceptors (Lipinski definition) is 18. The van der Waals surface area contributed by atoms with E-state index in [0.717, 1.165) is 43.6 Å². The fourth-order valence-corrected chi connectivity index (χ4v) is 12.9. The minimum Gasteiger partial charge on any atom is -0.282 e. The van der Waals surface area contributed by atoms with Gasteiger partial charge in [0.1, 0.15) is 64.4 Å². The predicted octanol–water partition coefficient (Wildman–Crippen LogP) is 5.46. The van der Waals surface area contributed by atoms with Crippen LogP contribution in [0.15, 0.2) is 172 Å². The molecule has 4 heterocycles. The molecule has 0 fully saturated rings. The fraction of sp³-hybridized carbons (Fsp3) is 0. The van der Waals surface area contributed by atoms with Gasteiger partial charge in [-0.25, -0.2) is 9.26 Å². The van der Waals surface area contributed by atoms with Crippen molar-refractivity contribution in [3.63, 3.8) is 0 Å². The lowest BCUT2D eigenvalue weighted by molar-refractivity contribution is 0.473. The van der Waals surface area contributed by atoms with Crippen molar-refractivity contribution in [1.82, 2.24) is 49.4 Å². The molecule has 0 unspecified atom stereocenters. The van der Waals surface area contributed by atoms with Gasteiger partial charge in [0.25, 0.3) is 60.7 Å². The topological polar surface area (TPSA) is 434 Å². The van der Waals surface area contributed by atoms with Crippen molar-refractivity contribution in [2.75, 3.05) is 0 Å². The SMILES string of the molecule is O=S(=O)(O)c1cc(S(=O)(=O)O)c2ccc3nn(-c4ccc(-n5on5-c5ccc(/C=C/c6ccc(-n7on7-c7ccc(-n8nc9ccc%10c(S(=O)(=O)O)cc(S(=O)(=O)O)cc%10c9n8)cc7)cc6S(=O)(=O)O)c(S(=O)(=O)O)c5)cc4)nc3c2c1. The molecule has 0 saturated heterocycles. The van der Waals surface area contributed by atoms with Gasteiger partial charge in [0.2, 0.25) is 0 Å². The van der Waals surface area contributed by atoms with Gasteiger partial charge in [0, 0.05) is 21.5 Å². The second-order valence-corrected chi connectivity index (χ2v) is 26.2. The highest BCUT2D eigenvalue weighted by Gasteiger charge is 2.27. The summed E-state index contributed by atoms with van der Waals surface area (Å²) in [5, 5.41) is 17.2. The molecule has 420 valence electrons. The molecule has 0 atom stereocenters. The molecular formula is C46H30N10O20S6. The van der Waals surface area contributed by atoms with E-state index in [0.29, 0.717) is 34.9 Å². The van der Waals surface area contributed by atoms with Crippen molar-refractivity contribution >= 4 is 116 Å². The summed E-state index contributed by atoms with van der Waals surface area (Å²) in [7, 11) is -29.7. The Labute approximate surface area is 458 Å². The zero-order chi connectivity index (χ0) is 58.4. The number of nitrogens with zero attached hydrogens (tertiary/aromatic N) is 10. The van der Waals surface area contributed by atoms with Crippen LogP contribution in [0.2, 0.25) is 0 Å². The van der Waals surface area contributed by atoms with Crippen molar-refractivity contribution in [1.29, 1.82) is 0 Å². The third-order valence-electron chi connectivity index (χ3n) is 12.6. The zero-order valence-corrected chi connectivity index (χ0v) is 45.1. The van der Waals surface area contributed by atoms with Crippen LogP contribution >= 0.6 is 0 Å². The molecule has 8 aromatic carbocycles. The van der Waals surface area contributed by atoms with Gasteiger partial charge in [-0.2, -0.15) is 60.1 Å². The first-order valence-electron chi connectivity index (χ1n) is 22.6. The number of benzene rings is 8. The average Bonchev–Trinajstić information content (AvgIpc) is 2.71. The van der Waals surface area contributed by atoms with E-state index in [9.17, 15) is 77.8 Å². The first-order valence-corrected chi connectivity index (χ1v) is 31.3. The van der Waals surface area contributed by atoms with Crippen LogP contribution in [0.3, 0.4) is 0 Å². The van der Waals surface area contributed by atoms with E-state index >= 15 is 0 Å². The summed E-state index contributed by atoms with van der Waals surface area (Å²) in [4.78, 5) is 2.66. The largest absolute Gasteiger partial charge is 0.295 e. The Kier molecular flexibility index (Phi) is 12.0. The molecule has 12 rings (SSSR count). The van der Waals surface area contributed by atoms with E-state index in [2.05, 4.69) is 20.4 Å². The lowest BCUT2D eigenvalue weighted by Crippen LogP contribution is -2.04. The third-order valence-corrected chi connectivity index (χ3v) is 17.9. The van der Waals surface area contributed by atoms with Gasteiger partial charge in [-0.1, -0.05) is 55.8 Å². The summed E-state index contributed by atoms with van der Waals surface area (Å²) < 4.78 is 218. The minimum absolute atomic E-state index is 0.0240. The van der Waals surface area contributed by atoms with Gasteiger partial charge in [-0.15, -0.1) is 20.4 Å². The maximum absolute atomic E-state index is 12.7. The molecule has 0 radical (unpaired) electrons. The molecule has 0 amide bonds. The molecule has 6 N–H and O–H groups in total. The van der Waals surface area contributed by atoms with E-state index in [1.165, 1.54) is 70.4 Å². The van der Waals surface area contributed by atoms with Gasteiger partial charge in [-0.05, 0) is 120 Å². The molecule has 0 aliphatic carbocycles. The van der Waals surface area contributed by atoms with E-state index in [1.807, 2.05) is 0 Å². The highest BCUT2D eigenvalue weighted by Crippen LogP contribution is 2.35. The molecule has 4 aromatic heterocycles. The van der Waals surface area contributed by atoms with Gasteiger partial charge >= 0.3 is 0 Å². The molecule has 82 heavy (non-hydrogen) atoms. The smallest absolute Gasteiger partial charge is 0.282 e. The fourth-order valence-electron chi connectivity index (χ4n) is 8.80. The molecule has 0 bridgehead atoms. The van der Waals surface area contributed by atoms with Crippen molar-refractivity contribution in [3.05, 3.63) is 145 Å². The van der Waals surface area contributed by atoms with Crippen LogP contribution in [0.1, 0.15) is 11.1 Å². The number of fused-ring (bicyclic) bond motifs is 6. The molecule has 0 aliphatic heterocycles. The second kappa shape index (κ2) is 18.3. The van der Waals surface area contributed by atoms with Crippen LogP contribution in [0.25, 0.3) is 89.9 Å². The first-order chi connectivity index (χ1) is 38.4. The van der Waals surface area contributed by atoms with Gasteiger partial charge in [0.15, 0.2) is 0 Å². The monoisotopic (exact) mass is 1230 g/mol. The summed E-state index contributed by atoms with van der Waals surface area (Å²) >= 11 is 0. The van der Waals surface area contributed by atoms with Crippen LogP contribution in [-0.4, -0.2) is 127 Å². The third kappa shape index (κ3) is 9.87. The Morgan fingerprint density at radius 3 is 0.963 bits per heavy atom. The van der Waals surface area contributed by atoms with Crippen LogP contribution in [0, 0.1) is 0 Å². The van der Waals surface area contributed by atoms with E-state index in [1.54, 1.807) is 48.5 Å². The first kappa shape index (κ1) is 53.7. The molecule has 0 aliphatic rings. The van der Waals surface area contributed by atoms with Gasteiger partial charge in [-0.3, -0.25) is 27.3 Å². The van der Waals surface area contributed by atoms with Crippen molar-refractivity contribution in [2.45, 2.75) is 29.4 Å². The summed E-state index contributed by atoms with van der Waals surface area (Å²) in [6, 6.07) is 28.5. The van der Waals surface area contributed by atoms with E-state index in [-0.39, 0.29) is 66.1 Å². The lowest BCUT2D eigenvalue weighted by Gasteiger charge is -2.07. The zero-order valence-electron chi connectivity index (χ0n) is 40.2. The maximum atomic E-state index is 12.7. The highest BCUT2D eigenvalue weighted by molar-refractivity contribution is 7.87. The van der Waals surface area contributed by atoms with Gasteiger partial charge < -0.3 is 0 Å². The van der Waals surface area contributed by atoms with E-state index < -0.39 is 90.1 Å². The number of rotatable bonds is 14. The molecule has 0 saturated carbocycles. The lowest BCUT2D eigenvalue weighted by atomic mass is 10.1. The number of hydrogen-bond donors (Lipinski definition) is 6. The van der Waals surface area contributed by atoms with Crippen molar-refractivity contribution < 1.29 is 87.1 Å². The Morgan fingerprint density at radius 2 is 0.634 bits per heavy atom. The standard InChI is InChI=1S/C46H30N10O20S6/c57-77(58,59)33-21-37-35(43(23-33)81(69,70)71)15-17-39-45(37)49-51(47-39)27-7-11-29(12-8-27)53-55(75-53)31-5-3-25(41(19-31)79(63,64)65)1-2-26-4-6-32(20-42(26)80(66,67)68)56-54(76-56)30-13-9-28(10-14-30)52-48-40-18-16-36-38(46(40)50-52)22-34(78(60,61)62)24-44(36)82(72,73)74/h1-24H,(H,57,58,59)(H,60,61,62)(H,63,64,65)(H,66,67,68)(H,69,70,71)(H,72,73,74)/b2-1+. The summed E-state index contributed by atoms with van der Waals surface area (Å²) in [6.07, 6.45) is 2.36. The Hall–Kier alpha value is -8.92. The van der Waals surface area contributed by atoms with E-state index in [4.69, 9.17) is 9.26 Å². The maximum Gasteiger partial charge on any atom is 0.295 e. The normalized spacial score (nSPS) is 13.3. The van der Waals surface area contributed by atoms with Gasteiger partial charge in [0.05, 0.1) is 21.2 Å². The molecule has 0 spiro atoms. The quantitative estimate of drug-likeness (QED) is 0.0581. The number of aromatic nitrogens is 10. The molecule has 12 aromatic rings. The average molecular weight is 1240 g/mol.